The predicted octanol–water partition coefficient (Wildman–Crippen LogP) is 4.13. The molecule has 2 aromatic rings. The van der Waals surface area contributed by atoms with Crippen molar-refractivity contribution in [3.05, 3.63) is 57.1 Å². The first-order valence-corrected chi connectivity index (χ1v) is 8.20. The van der Waals surface area contributed by atoms with Crippen LogP contribution in [0.2, 0.25) is 0 Å². The first-order chi connectivity index (χ1) is 12.0. The Labute approximate surface area is 152 Å². The van der Waals surface area contributed by atoms with Gasteiger partial charge in [0.25, 0.3) is 5.69 Å². The summed E-state index contributed by atoms with van der Waals surface area (Å²) in [6.07, 6.45) is 0.558. The number of carbonyl (C=O) groups excluding carboxylic acids is 1. The number of nitro benzene ring substituents is 1. The van der Waals surface area contributed by atoms with E-state index in [0.717, 1.165) is 10.5 Å². The first kappa shape index (κ1) is 18.7. The lowest BCUT2D eigenvalue weighted by molar-refractivity contribution is -0.384. The summed E-state index contributed by atoms with van der Waals surface area (Å²) in [6.45, 7) is 0.345. The van der Waals surface area contributed by atoms with E-state index in [2.05, 4.69) is 15.9 Å². The summed E-state index contributed by atoms with van der Waals surface area (Å²) < 4.78 is 16.6. The lowest BCUT2D eigenvalue weighted by Crippen LogP contribution is -2.10. The summed E-state index contributed by atoms with van der Waals surface area (Å²) in [5, 5.41) is 10.8. The van der Waals surface area contributed by atoms with Gasteiger partial charge in [0.15, 0.2) is 11.5 Å². The molecule has 132 valence electrons. The molecule has 25 heavy (non-hydrogen) atoms. The Hall–Kier alpha value is -2.61. The average molecular weight is 410 g/mol. The van der Waals surface area contributed by atoms with Gasteiger partial charge < -0.3 is 14.2 Å². The zero-order chi connectivity index (χ0) is 18.2. The SMILES string of the molecule is COc1ccc([N+](=O)[O-])cc1OC(=O)CCCOc1cccc(Br)c1. The molecular weight excluding hydrogens is 394 g/mol. The van der Waals surface area contributed by atoms with Crippen LogP contribution in [0.15, 0.2) is 46.9 Å². The van der Waals surface area contributed by atoms with Crippen LogP contribution < -0.4 is 14.2 Å². The summed E-state index contributed by atoms with van der Waals surface area (Å²) in [6, 6.07) is 11.2. The van der Waals surface area contributed by atoms with Crippen LogP contribution in [0, 0.1) is 10.1 Å². The van der Waals surface area contributed by atoms with E-state index in [1.165, 1.54) is 19.2 Å². The Morgan fingerprint density at radius 2 is 2.00 bits per heavy atom. The number of nitro groups is 1. The maximum absolute atomic E-state index is 11.9. The highest BCUT2D eigenvalue weighted by Crippen LogP contribution is 2.31. The molecule has 0 bridgehead atoms. The van der Waals surface area contributed by atoms with Crippen LogP contribution in [0.4, 0.5) is 5.69 Å². The monoisotopic (exact) mass is 409 g/mol. The highest BCUT2D eigenvalue weighted by atomic mass is 79.9. The van der Waals surface area contributed by atoms with Gasteiger partial charge in [-0.1, -0.05) is 22.0 Å². The third-order valence-electron chi connectivity index (χ3n) is 3.17. The maximum Gasteiger partial charge on any atom is 0.311 e. The molecule has 0 spiro atoms. The van der Waals surface area contributed by atoms with Gasteiger partial charge in [0.05, 0.1) is 24.7 Å². The normalized spacial score (nSPS) is 10.2. The van der Waals surface area contributed by atoms with Gasteiger partial charge in [-0.3, -0.25) is 14.9 Å². The number of nitrogens with zero attached hydrogens (tertiary/aromatic N) is 1. The minimum Gasteiger partial charge on any atom is -0.494 e. The number of benzene rings is 2. The van der Waals surface area contributed by atoms with Crippen molar-refractivity contribution in [2.24, 2.45) is 0 Å². The average Bonchev–Trinajstić information content (AvgIpc) is 2.58. The number of non-ortho nitro benzene ring substituents is 1. The standard InChI is InChI=1S/C17H16BrNO6/c1-23-15-8-7-13(19(21)22)11-16(15)25-17(20)6-3-9-24-14-5-2-4-12(18)10-14/h2,4-5,7-8,10-11H,3,6,9H2,1H3. The molecule has 0 amide bonds. The van der Waals surface area contributed by atoms with E-state index in [9.17, 15) is 14.9 Å². The quantitative estimate of drug-likeness (QED) is 0.214. The number of rotatable bonds is 8. The lowest BCUT2D eigenvalue weighted by atomic mass is 10.2. The van der Waals surface area contributed by atoms with Gasteiger partial charge in [-0.25, -0.2) is 0 Å². The fraction of sp³-hybridized carbons (Fsp3) is 0.235. The molecule has 2 aromatic carbocycles. The lowest BCUT2D eigenvalue weighted by Gasteiger charge is -2.09. The molecule has 8 heteroatoms. The van der Waals surface area contributed by atoms with Crippen LogP contribution in [-0.2, 0) is 4.79 Å². The molecule has 0 unspecified atom stereocenters. The number of halogens is 1. The zero-order valence-electron chi connectivity index (χ0n) is 13.4. The van der Waals surface area contributed by atoms with E-state index in [0.29, 0.717) is 18.8 Å². The molecule has 0 aliphatic carbocycles. The predicted molar refractivity (Wildman–Crippen MR) is 94.2 cm³/mol. The van der Waals surface area contributed by atoms with Gasteiger partial charge >= 0.3 is 5.97 Å². The molecule has 0 N–H and O–H groups in total. The Kier molecular flexibility index (Phi) is 6.76. The summed E-state index contributed by atoms with van der Waals surface area (Å²) in [5.41, 5.74) is -0.179. The Morgan fingerprint density at radius 1 is 1.20 bits per heavy atom. The molecule has 0 aliphatic rings. The maximum atomic E-state index is 11.9. The molecule has 0 fully saturated rings. The van der Waals surface area contributed by atoms with Gasteiger partial charge in [0.2, 0.25) is 0 Å². The van der Waals surface area contributed by atoms with Crippen LogP contribution in [0.5, 0.6) is 17.2 Å². The third-order valence-corrected chi connectivity index (χ3v) is 3.67. The van der Waals surface area contributed by atoms with Crippen molar-refractivity contribution in [2.75, 3.05) is 13.7 Å². The van der Waals surface area contributed by atoms with Gasteiger partial charge in [0, 0.05) is 17.0 Å². The van der Waals surface area contributed by atoms with Gasteiger partial charge in [-0.05, 0) is 30.7 Å². The van der Waals surface area contributed by atoms with Crippen molar-refractivity contribution < 1.29 is 23.9 Å². The van der Waals surface area contributed by atoms with Crippen LogP contribution >= 0.6 is 15.9 Å². The van der Waals surface area contributed by atoms with Crippen molar-refractivity contribution in [1.82, 2.24) is 0 Å². The largest absolute Gasteiger partial charge is 0.494 e. The molecule has 0 saturated heterocycles. The minimum absolute atomic E-state index is 0.0228. The van der Waals surface area contributed by atoms with Crippen molar-refractivity contribution in [3.63, 3.8) is 0 Å². The number of esters is 1. The number of hydrogen-bond acceptors (Lipinski definition) is 6. The molecule has 0 atom stereocenters. The smallest absolute Gasteiger partial charge is 0.311 e. The van der Waals surface area contributed by atoms with Crippen LogP contribution in [0.25, 0.3) is 0 Å². The van der Waals surface area contributed by atoms with Crippen LogP contribution in [0.1, 0.15) is 12.8 Å². The van der Waals surface area contributed by atoms with Gasteiger partial charge in [-0.2, -0.15) is 0 Å². The minimum atomic E-state index is -0.567. The van der Waals surface area contributed by atoms with E-state index >= 15 is 0 Å². The third kappa shape index (κ3) is 5.75. The van der Waals surface area contributed by atoms with Gasteiger partial charge in [0.1, 0.15) is 5.75 Å². The molecule has 0 heterocycles. The molecule has 2 rings (SSSR count). The zero-order valence-corrected chi connectivity index (χ0v) is 15.0. The molecule has 7 nitrogen and oxygen atoms in total. The highest BCUT2D eigenvalue weighted by molar-refractivity contribution is 9.10. The Balaban J connectivity index is 1.85. The van der Waals surface area contributed by atoms with Crippen molar-refractivity contribution >= 4 is 27.6 Å². The Morgan fingerprint density at radius 3 is 2.68 bits per heavy atom. The summed E-state index contributed by atoms with van der Waals surface area (Å²) >= 11 is 3.35. The van der Waals surface area contributed by atoms with E-state index < -0.39 is 10.9 Å². The fourth-order valence-electron chi connectivity index (χ4n) is 2.00. The number of carbonyl (C=O) groups is 1. The van der Waals surface area contributed by atoms with Gasteiger partial charge in [-0.15, -0.1) is 0 Å². The number of hydrogen-bond donors (Lipinski definition) is 0. The molecule has 0 aromatic heterocycles. The van der Waals surface area contributed by atoms with E-state index in [-0.39, 0.29) is 23.6 Å². The second-order valence-corrected chi connectivity index (χ2v) is 5.89. The first-order valence-electron chi connectivity index (χ1n) is 7.41. The van der Waals surface area contributed by atoms with Crippen molar-refractivity contribution in [2.45, 2.75) is 12.8 Å². The van der Waals surface area contributed by atoms with E-state index in [4.69, 9.17) is 14.2 Å². The van der Waals surface area contributed by atoms with E-state index in [1.807, 2.05) is 24.3 Å². The second kappa shape index (κ2) is 9.03. The van der Waals surface area contributed by atoms with Crippen molar-refractivity contribution in [1.29, 1.82) is 0 Å². The molecule has 0 saturated carbocycles. The summed E-state index contributed by atoms with van der Waals surface area (Å²) in [7, 11) is 1.39. The van der Waals surface area contributed by atoms with Crippen molar-refractivity contribution in [3.8, 4) is 17.2 Å². The molecule has 0 radical (unpaired) electrons. The number of ether oxygens (including phenoxy) is 3. The topological polar surface area (TPSA) is 87.9 Å². The second-order valence-electron chi connectivity index (χ2n) is 4.98. The van der Waals surface area contributed by atoms with Crippen LogP contribution in [0.3, 0.4) is 0 Å². The summed E-state index contributed by atoms with van der Waals surface area (Å²) in [5.74, 6) is 0.457. The number of methoxy groups -OCH3 is 1. The molecule has 0 aliphatic heterocycles. The highest BCUT2D eigenvalue weighted by Gasteiger charge is 2.15. The Bertz CT molecular complexity index is 765. The molecular formula is C17H16BrNO6. The summed E-state index contributed by atoms with van der Waals surface area (Å²) in [4.78, 5) is 22.2. The fourth-order valence-corrected chi connectivity index (χ4v) is 2.37. The van der Waals surface area contributed by atoms with E-state index in [1.54, 1.807) is 0 Å². The van der Waals surface area contributed by atoms with Crippen LogP contribution in [-0.4, -0.2) is 24.6 Å².